The fourth-order valence-electron chi connectivity index (χ4n) is 2.07. The Bertz CT molecular complexity index is 479. The molecule has 0 saturated carbocycles. The lowest BCUT2D eigenvalue weighted by Crippen LogP contribution is -2.33. The molecule has 0 amide bonds. The first-order valence-electron chi connectivity index (χ1n) is 6.15. The van der Waals surface area contributed by atoms with Crippen molar-refractivity contribution in [2.24, 2.45) is 0 Å². The van der Waals surface area contributed by atoms with Crippen LogP contribution in [0.3, 0.4) is 0 Å². The Morgan fingerprint density at radius 3 is 2.39 bits per heavy atom. The summed E-state index contributed by atoms with van der Waals surface area (Å²) in [5, 5.41) is 0. The predicted octanol–water partition coefficient (Wildman–Crippen LogP) is 0.643. The molecule has 0 radical (unpaired) electrons. The highest BCUT2D eigenvalue weighted by Crippen LogP contribution is 2.11. The van der Waals surface area contributed by atoms with Gasteiger partial charge in [-0.2, -0.15) is 0 Å². The molecule has 18 heavy (non-hydrogen) atoms. The first-order chi connectivity index (χ1) is 8.58. The van der Waals surface area contributed by atoms with Gasteiger partial charge in [0.1, 0.15) is 0 Å². The van der Waals surface area contributed by atoms with Crippen LogP contribution in [0, 0.1) is 0 Å². The summed E-state index contributed by atoms with van der Waals surface area (Å²) in [6.45, 7) is 3.37. The lowest BCUT2D eigenvalue weighted by molar-refractivity contribution is 0.344. The third-order valence-corrected chi connectivity index (χ3v) is 4.59. The number of nitrogens with one attached hydrogen (secondary N) is 1. The molecule has 1 fully saturated rings. The summed E-state index contributed by atoms with van der Waals surface area (Å²) < 4.78 is 26.5. The lowest BCUT2D eigenvalue weighted by atomic mass is 10.3. The van der Waals surface area contributed by atoms with E-state index in [1.54, 1.807) is 12.1 Å². The molecule has 5 nitrogen and oxygen atoms in total. The number of sulfonamides is 1. The monoisotopic (exact) mass is 269 g/mol. The van der Waals surface area contributed by atoms with Crippen LogP contribution in [0.25, 0.3) is 0 Å². The van der Waals surface area contributed by atoms with E-state index in [1.807, 2.05) is 0 Å². The van der Waals surface area contributed by atoms with Crippen molar-refractivity contribution in [2.75, 3.05) is 31.9 Å². The first-order valence-corrected chi connectivity index (χ1v) is 7.64. The van der Waals surface area contributed by atoms with Crippen LogP contribution in [0.15, 0.2) is 29.2 Å². The number of hydrogen-bond donors (Lipinski definition) is 2. The number of likely N-dealkylation sites (tertiary alicyclic amines) is 1. The van der Waals surface area contributed by atoms with Crippen LogP contribution in [0.2, 0.25) is 0 Å². The van der Waals surface area contributed by atoms with Gasteiger partial charge < -0.3 is 10.6 Å². The minimum atomic E-state index is -3.40. The second-order valence-electron chi connectivity index (χ2n) is 4.52. The molecule has 0 aliphatic carbocycles. The third kappa shape index (κ3) is 3.44. The Morgan fingerprint density at radius 2 is 1.78 bits per heavy atom. The van der Waals surface area contributed by atoms with Crippen LogP contribution in [-0.2, 0) is 10.0 Å². The van der Waals surface area contributed by atoms with E-state index in [9.17, 15) is 8.42 Å². The molecule has 0 atom stereocenters. The SMILES string of the molecule is Nc1ccc(S(=O)(=O)NCCN2CCCC2)cc1. The molecule has 0 spiro atoms. The smallest absolute Gasteiger partial charge is 0.240 e. The van der Waals surface area contributed by atoms with Crippen molar-refractivity contribution >= 4 is 15.7 Å². The second-order valence-corrected chi connectivity index (χ2v) is 6.28. The van der Waals surface area contributed by atoms with Gasteiger partial charge in [0.05, 0.1) is 4.90 Å². The predicted molar refractivity (Wildman–Crippen MR) is 71.7 cm³/mol. The van der Waals surface area contributed by atoms with Gasteiger partial charge in [0.2, 0.25) is 10.0 Å². The van der Waals surface area contributed by atoms with E-state index in [1.165, 1.54) is 25.0 Å². The van der Waals surface area contributed by atoms with Gasteiger partial charge in [-0.15, -0.1) is 0 Å². The molecule has 1 aromatic rings. The van der Waals surface area contributed by atoms with Crippen LogP contribution in [0.4, 0.5) is 5.69 Å². The Kier molecular flexibility index (Phi) is 4.21. The molecule has 3 N–H and O–H groups in total. The number of hydrogen-bond acceptors (Lipinski definition) is 4. The van der Waals surface area contributed by atoms with Gasteiger partial charge in [-0.05, 0) is 50.2 Å². The maximum Gasteiger partial charge on any atom is 0.240 e. The van der Waals surface area contributed by atoms with Gasteiger partial charge in [-0.25, -0.2) is 13.1 Å². The molecule has 100 valence electrons. The van der Waals surface area contributed by atoms with Crippen LogP contribution in [-0.4, -0.2) is 39.5 Å². The third-order valence-electron chi connectivity index (χ3n) is 3.11. The molecular weight excluding hydrogens is 250 g/mol. The van der Waals surface area contributed by atoms with E-state index in [4.69, 9.17) is 5.73 Å². The van der Waals surface area contributed by atoms with Gasteiger partial charge >= 0.3 is 0 Å². The topological polar surface area (TPSA) is 75.4 Å². The van der Waals surface area contributed by atoms with Crippen molar-refractivity contribution in [3.05, 3.63) is 24.3 Å². The average molecular weight is 269 g/mol. The van der Waals surface area contributed by atoms with E-state index < -0.39 is 10.0 Å². The first kappa shape index (κ1) is 13.3. The van der Waals surface area contributed by atoms with E-state index in [0.29, 0.717) is 12.2 Å². The van der Waals surface area contributed by atoms with Crippen molar-refractivity contribution in [1.82, 2.24) is 9.62 Å². The van der Waals surface area contributed by atoms with Crippen molar-refractivity contribution in [1.29, 1.82) is 0 Å². The molecule has 1 aliphatic rings. The van der Waals surface area contributed by atoms with Crippen molar-refractivity contribution in [2.45, 2.75) is 17.7 Å². The normalized spacial score (nSPS) is 17.1. The minimum absolute atomic E-state index is 0.262. The van der Waals surface area contributed by atoms with Gasteiger partial charge in [0.25, 0.3) is 0 Å². The van der Waals surface area contributed by atoms with Crippen LogP contribution >= 0.6 is 0 Å². The zero-order valence-electron chi connectivity index (χ0n) is 10.3. The number of nitrogen functional groups attached to an aromatic ring is 1. The molecule has 0 aromatic heterocycles. The molecule has 1 aliphatic heterocycles. The van der Waals surface area contributed by atoms with E-state index in [0.717, 1.165) is 19.6 Å². The summed E-state index contributed by atoms with van der Waals surface area (Å²) in [5.41, 5.74) is 6.09. The van der Waals surface area contributed by atoms with E-state index in [2.05, 4.69) is 9.62 Å². The molecule has 0 unspecified atom stereocenters. The summed E-state index contributed by atoms with van der Waals surface area (Å²) in [6, 6.07) is 6.23. The Labute approximate surface area is 108 Å². The molecular formula is C12H19N3O2S. The molecule has 6 heteroatoms. The Morgan fingerprint density at radius 1 is 1.17 bits per heavy atom. The zero-order chi connectivity index (χ0) is 13.0. The lowest BCUT2D eigenvalue weighted by Gasteiger charge is -2.14. The molecule has 1 heterocycles. The Hall–Kier alpha value is -1.11. The fraction of sp³-hybridized carbons (Fsp3) is 0.500. The van der Waals surface area contributed by atoms with Gasteiger partial charge in [0, 0.05) is 18.8 Å². The summed E-state index contributed by atoms with van der Waals surface area (Å²) in [5.74, 6) is 0. The van der Waals surface area contributed by atoms with Gasteiger partial charge in [0.15, 0.2) is 0 Å². The highest BCUT2D eigenvalue weighted by Gasteiger charge is 2.15. The zero-order valence-corrected chi connectivity index (χ0v) is 11.1. The van der Waals surface area contributed by atoms with Gasteiger partial charge in [-0.1, -0.05) is 0 Å². The fourth-order valence-corrected chi connectivity index (χ4v) is 3.10. The summed E-state index contributed by atoms with van der Waals surface area (Å²) in [4.78, 5) is 2.53. The van der Waals surface area contributed by atoms with Crippen molar-refractivity contribution in [3.8, 4) is 0 Å². The maximum absolute atomic E-state index is 11.9. The highest BCUT2D eigenvalue weighted by atomic mass is 32.2. The van der Waals surface area contributed by atoms with Crippen molar-refractivity contribution < 1.29 is 8.42 Å². The summed E-state index contributed by atoms with van der Waals surface area (Å²) in [7, 11) is -3.40. The molecule has 2 rings (SSSR count). The average Bonchev–Trinajstić information content (AvgIpc) is 2.82. The number of nitrogens with two attached hydrogens (primary N) is 1. The van der Waals surface area contributed by atoms with Crippen molar-refractivity contribution in [3.63, 3.8) is 0 Å². The largest absolute Gasteiger partial charge is 0.399 e. The molecule has 0 bridgehead atoms. The Balaban J connectivity index is 1.88. The van der Waals surface area contributed by atoms with Crippen LogP contribution in [0.5, 0.6) is 0 Å². The number of anilines is 1. The standard InChI is InChI=1S/C12H19N3O2S/c13-11-3-5-12(6-4-11)18(16,17)14-7-10-15-8-1-2-9-15/h3-6,14H,1-2,7-10,13H2. The highest BCUT2D eigenvalue weighted by molar-refractivity contribution is 7.89. The summed E-state index contributed by atoms with van der Waals surface area (Å²) >= 11 is 0. The van der Waals surface area contributed by atoms with Crippen LogP contribution < -0.4 is 10.5 Å². The van der Waals surface area contributed by atoms with Gasteiger partial charge in [-0.3, -0.25) is 0 Å². The second kappa shape index (κ2) is 5.69. The molecule has 1 aromatic carbocycles. The minimum Gasteiger partial charge on any atom is -0.399 e. The number of rotatable bonds is 5. The van der Waals surface area contributed by atoms with E-state index >= 15 is 0 Å². The quantitative estimate of drug-likeness (QED) is 0.769. The molecule has 1 saturated heterocycles. The number of nitrogens with zero attached hydrogens (tertiary/aromatic N) is 1. The van der Waals surface area contributed by atoms with Crippen LogP contribution in [0.1, 0.15) is 12.8 Å². The maximum atomic E-state index is 11.9. The van der Waals surface area contributed by atoms with E-state index in [-0.39, 0.29) is 4.90 Å². The summed E-state index contributed by atoms with van der Waals surface area (Å²) in [6.07, 6.45) is 2.43. The number of benzene rings is 1.